The van der Waals surface area contributed by atoms with Crippen LogP contribution in [0.4, 0.5) is 0 Å². The van der Waals surface area contributed by atoms with Gasteiger partial charge in [0.05, 0.1) is 40.9 Å². The summed E-state index contributed by atoms with van der Waals surface area (Å²) in [6.45, 7) is 18.7. The Morgan fingerprint density at radius 2 is 0.913 bits per heavy atom. The average Bonchev–Trinajstić information content (AvgIpc) is 3.38. The molecule has 69 heavy (non-hydrogen) atoms. The minimum Gasteiger partial charge on any atom is -0.484 e. The second-order valence-electron chi connectivity index (χ2n) is 18.3. The number of hydrogen-bond acceptors (Lipinski definition) is 14. The predicted molar refractivity (Wildman–Crippen MR) is 264 cm³/mol. The monoisotopic (exact) mass is 922 g/mol. The van der Waals surface area contributed by atoms with E-state index in [0.717, 1.165) is 45.0 Å². The third-order valence-corrected chi connectivity index (χ3v) is 12.7. The Hall–Kier alpha value is -7.71. The van der Waals surface area contributed by atoms with Crippen LogP contribution in [0, 0.1) is 11.8 Å². The van der Waals surface area contributed by atoms with Gasteiger partial charge in [0.1, 0.15) is 36.0 Å². The molecule has 2 aromatic carbocycles. The summed E-state index contributed by atoms with van der Waals surface area (Å²) in [5, 5.41) is 26.8. The summed E-state index contributed by atoms with van der Waals surface area (Å²) in [6.07, 6.45) is 10.3. The third kappa shape index (κ3) is 11.7. The van der Waals surface area contributed by atoms with Crippen molar-refractivity contribution in [3.63, 3.8) is 0 Å². The third-order valence-electron chi connectivity index (χ3n) is 12.7. The number of rotatable bonds is 16. The standard InChI is InChI=1S/C28H31N5O2.C27H27N5O2/c1-19(2)28(5,25-13-11-22(17-31-25)35-18-26-29-15-6-16-30-26)21-9-7-20(8-10-21)23-12-14-24(33-32-23)27(3,4)34;1-18(2)27(4,25-13-10-22(16-30-25)34-17-26-28-14-5-15-29-26)21-8-6-20(7-9-21)24-12-11-23(19(3)33)31-32-24/h6-17,19,34H,18H2,1-5H3;5-16,18H,17H2,1-4H3. The lowest BCUT2D eigenvalue weighted by molar-refractivity contribution is 0.0728. The first-order valence-corrected chi connectivity index (χ1v) is 22.9. The van der Waals surface area contributed by atoms with Crippen molar-refractivity contribution in [3.8, 4) is 34.0 Å². The molecule has 0 spiro atoms. The number of hydrogen-bond donors (Lipinski definition) is 1. The van der Waals surface area contributed by atoms with Crippen LogP contribution in [0.2, 0.25) is 0 Å². The number of ketones is 1. The van der Waals surface area contributed by atoms with Gasteiger partial charge >= 0.3 is 0 Å². The number of carbonyl (C=O) groups is 1. The molecule has 14 nitrogen and oxygen atoms in total. The SMILES string of the molecule is CC(=O)c1ccc(-c2ccc(C(C)(c3ccc(OCc4ncccn4)cn3)C(C)C)cc2)nn1.CC(C)C(C)(c1ccc(-c2ccc(C(C)(C)O)nn2)cc1)c1ccc(OCc2ncccn2)cn1. The van der Waals surface area contributed by atoms with Crippen LogP contribution < -0.4 is 9.47 Å². The van der Waals surface area contributed by atoms with Gasteiger partial charge in [-0.15, -0.1) is 10.2 Å². The molecular weight excluding hydrogens is 865 g/mol. The fraction of sp³-hybridized carbons (Fsp3) is 0.291. The minimum atomic E-state index is -1.02. The van der Waals surface area contributed by atoms with Crippen molar-refractivity contribution in [1.29, 1.82) is 0 Å². The van der Waals surface area contributed by atoms with E-state index < -0.39 is 5.60 Å². The predicted octanol–water partition coefficient (Wildman–Crippen LogP) is 10.2. The van der Waals surface area contributed by atoms with Crippen molar-refractivity contribution in [2.24, 2.45) is 11.8 Å². The molecule has 8 aromatic rings. The largest absolute Gasteiger partial charge is 0.484 e. The average molecular weight is 923 g/mol. The number of aliphatic hydroxyl groups is 1. The molecular formula is C55H58N10O4. The van der Waals surface area contributed by atoms with E-state index in [1.54, 1.807) is 69.2 Å². The number of nitrogens with zero attached hydrogens (tertiary/aromatic N) is 10. The zero-order valence-electron chi connectivity index (χ0n) is 40.6. The molecule has 14 heteroatoms. The van der Waals surface area contributed by atoms with Crippen LogP contribution in [0.5, 0.6) is 11.5 Å². The van der Waals surface area contributed by atoms with Gasteiger partial charge in [-0.05, 0) is 111 Å². The molecule has 0 saturated carbocycles. The van der Waals surface area contributed by atoms with E-state index in [2.05, 4.69) is 118 Å². The molecule has 0 aliphatic rings. The molecule has 0 amide bonds. The number of Topliss-reactive ketones (excluding diaryl/α,β-unsaturated/α-hetero) is 1. The van der Waals surface area contributed by atoms with Crippen LogP contribution in [-0.4, -0.2) is 61.2 Å². The normalized spacial score (nSPS) is 13.2. The summed E-state index contributed by atoms with van der Waals surface area (Å²) < 4.78 is 11.6. The highest BCUT2D eigenvalue weighted by Gasteiger charge is 2.35. The Labute approximate surface area is 403 Å². The minimum absolute atomic E-state index is 0.0978. The van der Waals surface area contributed by atoms with Crippen molar-refractivity contribution in [3.05, 3.63) is 192 Å². The summed E-state index contributed by atoms with van der Waals surface area (Å²) in [5.41, 5.74) is 6.94. The van der Waals surface area contributed by atoms with E-state index in [1.165, 1.54) is 6.92 Å². The molecule has 2 atom stereocenters. The molecule has 0 aliphatic heterocycles. The molecule has 8 rings (SSSR count). The number of pyridine rings is 2. The van der Waals surface area contributed by atoms with Gasteiger partial charge in [0.25, 0.3) is 0 Å². The van der Waals surface area contributed by atoms with Gasteiger partial charge in [0.15, 0.2) is 17.4 Å². The summed E-state index contributed by atoms with van der Waals surface area (Å²) in [7, 11) is 0. The fourth-order valence-corrected chi connectivity index (χ4v) is 7.67. The van der Waals surface area contributed by atoms with E-state index in [-0.39, 0.29) is 16.6 Å². The molecule has 0 aliphatic carbocycles. The Morgan fingerprint density at radius 3 is 1.23 bits per heavy atom. The van der Waals surface area contributed by atoms with Crippen LogP contribution in [0.3, 0.4) is 0 Å². The number of benzene rings is 2. The highest BCUT2D eigenvalue weighted by Crippen LogP contribution is 2.40. The lowest BCUT2D eigenvalue weighted by Gasteiger charge is -2.34. The lowest BCUT2D eigenvalue weighted by Crippen LogP contribution is -2.31. The van der Waals surface area contributed by atoms with Gasteiger partial charge in [-0.25, -0.2) is 19.9 Å². The van der Waals surface area contributed by atoms with E-state index in [0.29, 0.717) is 59.6 Å². The Bertz CT molecular complexity index is 2880. The molecule has 0 saturated heterocycles. The molecule has 2 unspecified atom stereocenters. The van der Waals surface area contributed by atoms with Crippen LogP contribution in [0.25, 0.3) is 22.5 Å². The maximum Gasteiger partial charge on any atom is 0.180 e. The zero-order chi connectivity index (χ0) is 49.2. The number of carbonyl (C=O) groups excluding carboxylic acids is 1. The first-order valence-electron chi connectivity index (χ1n) is 22.9. The Morgan fingerprint density at radius 1 is 0.507 bits per heavy atom. The van der Waals surface area contributed by atoms with E-state index >= 15 is 0 Å². The first-order chi connectivity index (χ1) is 33.0. The maximum absolute atomic E-state index is 11.4. The molecule has 6 heterocycles. The van der Waals surface area contributed by atoms with Crippen LogP contribution in [-0.2, 0) is 29.6 Å². The van der Waals surface area contributed by atoms with Crippen LogP contribution in [0.1, 0.15) is 113 Å². The zero-order valence-corrected chi connectivity index (χ0v) is 40.6. The second kappa shape index (κ2) is 21.5. The molecule has 352 valence electrons. The van der Waals surface area contributed by atoms with E-state index in [4.69, 9.17) is 19.4 Å². The molecule has 0 radical (unpaired) electrons. The van der Waals surface area contributed by atoms with Gasteiger partial charge in [0, 0.05) is 53.7 Å². The van der Waals surface area contributed by atoms with E-state index in [1.807, 2.05) is 54.6 Å². The highest BCUT2D eigenvalue weighted by atomic mass is 16.5. The van der Waals surface area contributed by atoms with Crippen molar-refractivity contribution < 1.29 is 19.4 Å². The smallest absolute Gasteiger partial charge is 0.180 e. The maximum atomic E-state index is 11.4. The van der Waals surface area contributed by atoms with Gasteiger partial charge in [0.2, 0.25) is 0 Å². The summed E-state index contributed by atoms with van der Waals surface area (Å²) in [4.78, 5) is 37.7. The highest BCUT2D eigenvalue weighted by molar-refractivity contribution is 5.92. The number of ether oxygens (including phenoxy) is 2. The van der Waals surface area contributed by atoms with Gasteiger partial charge in [-0.1, -0.05) is 76.2 Å². The molecule has 0 fully saturated rings. The summed E-state index contributed by atoms with van der Waals surface area (Å²) >= 11 is 0. The number of aromatic nitrogens is 10. The lowest BCUT2D eigenvalue weighted by atomic mass is 9.70. The Balaban J connectivity index is 0.000000204. The van der Waals surface area contributed by atoms with Gasteiger partial charge < -0.3 is 14.6 Å². The topological polar surface area (TPSA) is 185 Å². The van der Waals surface area contributed by atoms with E-state index in [9.17, 15) is 9.90 Å². The van der Waals surface area contributed by atoms with Crippen molar-refractivity contribution in [2.45, 2.75) is 92.0 Å². The summed E-state index contributed by atoms with van der Waals surface area (Å²) in [5.74, 6) is 3.10. The van der Waals surface area contributed by atoms with Crippen LogP contribution >= 0.6 is 0 Å². The molecule has 6 aromatic heterocycles. The van der Waals surface area contributed by atoms with Gasteiger partial charge in [-0.3, -0.25) is 14.8 Å². The van der Waals surface area contributed by atoms with Gasteiger partial charge in [-0.2, -0.15) is 10.2 Å². The fourth-order valence-electron chi connectivity index (χ4n) is 7.67. The summed E-state index contributed by atoms with van der Waals surface area (Å²) in [6, 6.07) is 35.3. The first kappa shape index (κ1) is 49.2. The second-order valence-corrected chi connectivity index (χ2v) is 18.3. The quantitative estimate of drug-likeness (QED) is 0.0903. The van der Waals surface area contributed by atoms with Crippen molar-refractivity contribution in [2.75, 3.05) is 0 Å². The van der Waals surface area contributed by atoms with Crippen molar-refractivity contribution >= 4 is 5.78 Å². The Kier molecular flexibility index (Phi) is 15.3. The van der Waals surface area contributed by atoms with Crippen LogP contribution in [0.15, 0.2) is 146 Å². The molecule has 1 N–H and O–H groups in total. The molecule has 0 bridgehead atoms. The van der Waals surface area contributed by atoms with Crippen molar-refractivity contribution in [1.82, 2.24) is 50.3 Å².